The Morgan fingerprint density at radius 3 is 2.61 bits per heavy atom. The molecule has 33 heavy (non-hydrogen) atoms. The van der Waals surface area contributed by atoms with Crippen LogP contribution in [0.3, 0.4) is 0 Å². The molecule has 0 fully saturated rings. The molecule has 168 valence electrons. The van der Waals surface area contributed by atoms with Crippen molar-refractivity contribution in [3.05, 3.63) is 88.3 Å². The summed E-state index contributed by atoms with van der Waals surface area (Å²) in [5, 5.41) is 8.28. The normalized spacial score (nSPS) is 10.7. The van der Waals surface area contributed by atoms with Gasteiger partial charge < -0.3 is 10.1 Å². The van der Waals surface area contributed by atoms with Crippen molar-refractivity contribution in [2.45, 2.75) is 19.9 Å². The van der Waals surface area contributed by atoms with Gasteiger partial charge in [-0.25, -0.2) is 9.67 Å². The van der Waals surface area contributed by atoms with E-state index < -0.39 is 0 Å². The molecule has 1 N–H and O–H groups in total. The van der Waals surface area contributed by atoms with Crippen LogP contribution in [0.1, 0.15) is 11.3 Å². The first-order valence-corrected chi connectivity index (χ1v) is 11.4. The van der Waals surface area contributed by atoms with Crippen LogP contribution >= 0.6 is 11.3 Å². The van der Waals surface area contributed by atoms with E-state index in [1.807, 2.05) is 61.5 Å². The lowest BCUT2D eigenvalue weighted by Crippen LogP contribution is -2.32. The third-order valence-corrected chi connectivity index (χ3v) is 6.33. The Kier molecular flexibility index (Phi) is 6.95. The van der Waals surface area contributed by atoms with E-state index in [-0.39, 0.29) is 24.4 Å². The Labute approximate surface area is 195 Å². The van der Waals surface area contributed by atoms with Crippen molar-refractivity contribution in [3.8, 4) is 26.9 Å². The van der Waals surface area contributed by atoms with Crippen LogP contribution in [0.15, 0.2) is 71.5 Å². The molecule has 2 aromatic carbocycles. The van der Waals surface area contributed by atoms with Crippen molar-refractivity contribution in [3.63, 3.8) is 0 Å². The summed E-state index contributed by atoms with van der Waals surface area (Å²) in [6, 6.07) is 20.6. The maximum atomic E-state index is 12.3. The Balaban J connectivity index is 1.44. The Morgan fingerprint density at radius 2 is 1.82 bits per heavy atom. The molecule has 2 heterocycles. The number of nitrogens with zero attached hydrogens (tertiary/aromatic N) is 3. The van der Waals surface area contributed by atoms with Gasteiger partial charge in [0.1, 0.15) is 16.5 Å². The van der Waals surface area contributed by atoms with E-state index in [1.165, 1.54) is 10.7 Å². The van der Waals surface area contributed by atoms with Crippen LogP contribution in [-0.4, -0.2) is 34.3 Å². The molecule has 0 saturated carbocycles. The molecule has 7 nitrogen and oxygen atoms in total. The molecule has 0 spiro atoms. The van der Waals surface area contributed by atoms with E-state index in [1.54, 1.807) is 24.5 Å². The molecule has 0 radical (unpaired) electrons. The molecule has 4 aromatic rings. The van der Waals surface area contributed by atoms with Crippen LogP contribution in [0.2, 0.25) is 0 Å². The third-order valence-electron chi connectivity index (χ3n) is 5.11. The van der Waals surface area contributed by atoms with Crippen molar-refractivity contribution < 1.29 is 9.53 Å². The van der Waals surface area contributed by atoms with Crippen molar-refractivity contribution in [2.75, 3.05) is 13.7 Å². The second-order valence-electron chi connectivity index (χ2n) is 7.42. The summed E-state index contributed by atoms with van der Waals surface area (Å²) >= 11 is 1.54. The molecule has 0 aliphatic rings. The fourth-order valence-corrected chi connectivity index (χ4v) is 4.49. The minimum atomic E-state index is -0.219. The summed E-state index contributed by atoms with van der Waals surface area (Å²) in [5.41, 5.74) is 3.18. The molecular weight excluding hydrogens is 436 g/mol. The number of thiazole rings is 1. The lowest BCUT2D eigenvalue weighted by Gasteiger charge is -2.10. The summed E-state index contributed by atoms with van der Waals surface area (Å²) in [5.74, 6) is 0.530. The number of benzene rings is 2. The number of rotatable bonds is 8. The molecule has 0 aliphatic carbocycles. The summed E-state index contributed by atoms with van der Waals surface area (Å²) in [6.45, 7) is 2.50. The monoisotopic (exact) mass is 460 g/mol. The number of amides is 1. The van der Waals surface area contributed by atoms with Gasteiger partial charge in [0, 0.05) is 23.7 Å². The van der Waals surface area contributed by atoms with Crippen LogP contribution in [0.4, 0.5) is 0 Å². The number of aromatic nitrogens is 3. The number of para-hydroxylation sites is 1. The summed E-state index contributed by atoms with van der Waals surface area (Å²) < 4.78 is 6.67. The van der Waals surface area contributed by atoms with Crippen LogP contribution in [0.25, 0.3) is 21.1 Å². The molecule has 0 aliphatic heterocycles. The van der Waals surface area contributed by atoms with Gasteiger partial charge in [-0.3, -0.25) is 9.59 Å². The van der Waals surface area contributed by atoms with Gasteiger partial charge in [-0.15, -0.1) is 11.3 Å². The Bertz CT molecular complexity index is 1310. The van der Waals surface area contributed by atoms with Gasteiger partial charge >= 0.3 is 0 Å². The number of ether oxygens (including phenoxy) is 1. The van der Waals surface area contributed by atoms with Gasteiger partial charge in [0.2, 0.25) is 5.91 Å². The minimum absolute atomic E-state index is 0.144. The van der Waals surface area contributed by atoms with E-state index >= 15 is 0 Å². The Morgan fingerprint density at radius 1 is 1.06 bits per heavy atom. The summed E-state index contributed by atoms with van der Waals surface area (Å²) in [4.78, 5) is 30.3. The highest BCUT2D eigenvalue weighted by atomic mass is 32.1. The van der Waals surface area contributed by atoms with E-state index in [9.17, 15) is 9.59 Å². The largest absolute Gasteiger partial charge is 0.496 e. The zero-order chi connectivity index (χ0) is 23.2. The van der Waals surface area contributed by atoms with Crippen LogP contribution < -0.4 is 15.6 Å². The molecule has 2 aromatic heterocycles. The van der Waals surface area contributed by atoms with E-state index in [4.69, 9.17) is 4.74 Å². The second kappa shape index (κ2) is 10.2. The van der Waals surface area contributed by atoms with Crippen LogP contribution in [-0.2, 0) is 17.8 Å². The average molecular weight is 461 g/mol. The smallest absolute Gasteiger partial charge is 0.266 e. The van der Waals surface area contributed by atoms with Crippen LogP contribution in [0, 0.1) is 6.92 Å². The molecule has 0 unspecified atom stereocenters. The summed E-state index contributed by atoms with van der Waals surface area (Å²) in [7, 11) is 1.58. The molecule has 0 atom stereocenters. The quantitative estimate of drug-likeness (QED) is 0.433. The number of carbonyl (C=O) groups excluding carboxylic acids is 1. The van der Waals surface area contributed by atoms with E-state index in [0.29, 0.717) is 18.0 Å². The summed E-state index contributed by atoms with van der Waals surface area (Å²) in [6.07, 6.45) is 0.203. The first-order valence-electron chi connectivity index (χ1n) is 10.5. The molecule has 8 heteroatoms. The van der Waals surface area contributed by atoms with Crippen molar-refractivity contribution in [1.82, 2.24) is 20.1 Å². The van der Waals surface area contributed by atoms with Gasteiger partial charge in [0.25, 0.3) is 5.56 Å². The van der Waals surface area contributed by atoms with Crippen molar-refractivity contribution in [2.24, 2.45) is 0 Å². The second-order valence-corrected chi connectivity index (χ2v) is 8.42. The predicted octanol–water partition coefficient (Wildman–Crippen LogP) is 3.71. The predicted molar refractivity (Wildman–Crippen MR) is 129 cm³/mol. The minimum Gasteiger partial charge on any atom is -0.496 e. The lowest BCUT2D eigenvalue weighted by atomic mass is 10.1. The van der Waals surface area contributed by atoms with Crippen molar-refractivity contribution in [1.29, 1.82) is 0 Å². The molecule has 4 rings (SSSR count). The van der Waals surface area contributed by atoms with Gasteiger partial charge in [-0.2, -0.15) is 5.10 Å². The first-order chi connectivity index (χ1) is 16.0. The van der Waals surface area contributed by atoms with E-state index in [0.717, 1.165) is 26.7 Å². The number of nitrogens with one attached hydrogen (secondary N) is 1. The molecule has 1 amide bonds. The van der Waals surface area contributed by atoms with Gasteiger partial charge in [0.05, 0.1) is 30.6 Å². The SMILES string of the molecule is COc1ccccc1CC(=O)NCCn1nc(-c2sc(-c3ccccc3)nc2C)ccc1=O. The number of aryl methyl sites for hydroxylation is 1. The zero-order valence-electron chi connectivity index (χ0n) is 18.4. The number of hydrogen-bond donors (Lipinski definition) is 1. The Hall–Kier alpha value is -3.78. The number of methoxy groups -OCH3 is 1. The third kappa shape index (κ3) is 5.35. The van der Waals surface area contributed by atoms with Crippen molar-refractivity contribution >= 4 is 17.2 Å². The van der Waals surface area contributed by atoms with Gasteiger partial charge in [-0.1, -0.05) is 48.5 Å². The van der Waals surface area contributed by atoms with Gasteiger partial charge in [0.15, 0.2) is 0 Å². The van der Waals surface area contributed by atoms with Gasteiger partial charge in [-0.05, 0) is 19.1 Å². The highest BCUT2D eigenvalue weighted by molar-refractivity contribution is 7.18. The van der Waals surface area contributed by atoms with E-state index in [2.05, 4.69) is 15.4 Å². The van der Waals surface area contributed by atoms with Crippen LogP contribution in [0.5, 0.6) is 5.75 Å². The zero-order valence-corrected chi connectivity index (χ0v) is 19.3. The topological polar surface area (TPSA) is 86.1 Å². The average Bonchev–Trinajstić information content (AvgIpc) is 3.23. The number of hydrogen-bond acceptors (Lipinski definition) is 6. The molecule has 0 saturated heterocycles. The number of carbonyl (C=O) groups is 1. The lowest BCUT2D eigenvalue weighted by molar-refractivity contribution is -0.120. The maximum absolute atomic E-state index is 12.3. The fourth-order valence-electron chi connectivity index (χ4n) is 3.45. The highest BCUT2D eigenvalue weighted by Gasteiger charge is 2.14. The first kappa shape index (κ1) is 22.4. The molecular formula is C25H24N4O3S. The maximum Gasteiger partial charge on any atom is 0.266 e. The standard InChI is InChI=1S/C25H24N4O3S/c1-17-24(33-25(27-17)18-8-4-3-5-9-18)20-12-13-23(31)29(28-20)15-14-26-22(30)16-19-10-6-7-11-21(19)32-2/h3-13H,14-16H2,1-2H3,(H,26,30). The molecule has 0 bridgehead atoms. The fraction of sp³-hybridized carbons (Fsp3) is 0.200. The highest BCUT2D eigenvalue weighted by Crippen LogP contribution is 2.33.